The number of rotatable bonds is 5. The van der Waals surface area contributed by atoms with Gasteiger partial charge in [0.25, 0.3) is 0 Å². The Labute approximate surface area is 126 Å². The monoisotopic (exact) mass is 282 g/mol. The summed E-state index contributed by atoms with van der Waals surface area (Å²) in [6.07, 6.45) is 2.18. The van der Waals surface area contributed by atoms with E-state index in [0.717, 1.165) is 36.5 Å². The zero-order chi connectivity index (χ0) is 15.4. The van der Waals surface area contributed by atoms with E-state index in [1.165, 1.54) is 0 Å². The average molecular weight is 282 g/mol. The molecule has 0 saturated carbocycles. The zero-order valence-corrected chi connectivity index (χ0v) is 12.9. The van der Waals surface area contributed by atoms with Crippen LogP contribution in [0.4, 0.5) is 5.82 Å². The molecule has 0 amide bonds. The minimum absolute atomic E-state index is 0.298. The second-order valence-electron chi connectivity index (χ2n) is 5.52. The van der Waals surface area contributed by atoms with Gasteiger partial charge in [0.05, 0.1) is 11.6 Å². The van der Waals surface area contributed by atoms with Gasteiger partial charge in [-0.2, -0.15) is 5.26 Å². The molecule has 21 heavy (non-hydrogen) atoms. The number of anilines is 1. The highest BCUT2D eigenvalue weighted by molar-refractivity contribution is 5.76. The summed E-state index contributed by atoms with van der Waals surface area (Å²) in [4.78, 5) is 4.73. The fourth-order valence-corrected chi connectivity index (χ4v) is 2.46. The zero-order valence-electron chi connectivity index (χ0n) is 12.9. The third-order valence-corrected chi connectivity index (χ3v) is 3.59. The van der Waals surface area contributed by atoms with Gasteiger partial charge in [-0.05, 0) is 12.5 Å². The van der Waals surface area contributed by atoms with Gasteiger partial charge in [0.1, 0.15) is 17.3 Å². The molecule has 2 rings (SSSR count). The van der Waals surface area contributed by atoms with Gasteiger partial charge in [-0.1, -0.05) is 45.4 Å². The Kier molecular flexibility index (Phi) is 4.64. The van der Waals surface area contributed by atoms with E-state index >= 15 is 0 Å². The van der Waals surface area contributed by atoms with Gasteiger partial charge in [-0.15, -0.1) is 0 Å². The van der Waals surface area contributed by atoms with Crippen molar-refractivity contribution in [3.05, 3.63) is 35.7 Å². The Morgan fingerprint density at radius 1 is 1.33 bits per heavy atom. The van der Waals surface area contributed by atoms with Crippen molar-refractivity contribution >= 4 is 5.82 Å². The number of hydrogen-bond donors (Lipinski definition) is 1. The standard InChI is InChI=1S/C17H22N4/c1-4-5-10-21-16(19)15(20-17(21)12(2)3)14-9-7-6-8-13(14)11-18/h6-9,12H,4-5,10,19H2,1-3H3. The molecular formula is C17H22N4. The molecule has 0 aliphatic carbocycles. The number of imidazole rings is 1. The first-order chi connectivity index (χ1) is 10.1. The number of hydrogen-bond acceptors (Lipinski definition) is 3. The predicted molar refractivity (Wildman–Crippen MR) is 85.8 cm³/mol. The van der Waals surface area contributed by atoms with Crippen molar-refractivity contribution in [3.8, 4) is 17.3 Å². The van der Waals surface area contributed by atoms with E-state index in [2.05, 4.69) is 31.4 Å². The van der Waals surface area contributed by atoms with Crippen LogP contribution in [0.25, 0.3) is 11.3 Å². The fourth-order valence-electron chi connectivity index (χ4n) is 2.46. The molecule has 110 valence electrons. The Morgan fingerprint density at radius 3 is 2.67 bits per heavy atom. The first kappa shape index (κ1) is 15.1. The molecule has 4 heteroatoms. The molecule has 1 heterocycles. The third kappa shape index (κ3) is 2.92. The summed E-state index contributed by atoms with van der Waals surface area (Å²) < 4.78 is 2.09. The molecule has 0 atom stereocenters. The van der Waals surface area contributed by atoms with Crippen LogP contribution >= 0.6 is 0 Å². The second-order valence-corrected chi connectivity index (χ2v) is 5.52. The van der Waals surface area contributed by atoms with Crippen molar-refractivity contribution in [1.29, 1.82) is 5.26 Å². The Balaban J connectivity index is 2.57. The first-order valence-corrected chi connectivity index (χ1v) is 7.45. The van der Waals surface area contributed by atoms with E-state index < -0.39 is 0 Å². The Morgan fingerprint density at radius 2 is 2.05 bits per heavy atom. The molecule has 0 saturated heterocycles. The van der Waals surface area contributed by atoms with Gasteiger partial charge >= 0.3 is 0 Å². The molecule has 0 fully saturated rings. The molecule has 0 bridgehead atoms. The van der Waals surface area contributed by atoms with E-state index in [-0.39, 0.29) is 0 Å². The fraction of sp³-hybridized carbons (Fsp3) is 0.412. The highest BCUT2D eigenvalue weighted by Gasteiger charge is 2.19. The number of nitrogens with zero attached hydrogens (tertiary/aromatic N) is 3. The van der Waals surface area contributed by atoms with Crippen LogP contribution in [0.1, 0.15) is 50.9 Å². The maximum atomic E-state index is 9.27. The first-order valence-electron chi connectivity index (χ1n) is 7.45. The quantitative estimate of drug-likeness (QED) is 0.903. The summed E-state index contributed by atoms with van der Waals surface area (Å²) in [6, 6.07) is 9.70. The van der Waals surface area contributed by atoms with Crippen molar-refractivity contribution in [2.45, 2.75) is 46.1 Å². The number of nitrogen functional groups attached to an aromatic ring is 1. The summed E-state index contributed by atoms with van der Waals surface area (Å²) in [7, 11) is 0. The van der Waals surface area contributed by atoms with Crippen molar-refractivity contribution in [3.63, 3.8) is 0 Å². The van der Waals surface area contributed by atoms with Crippen molar-refractivity contribution in [1.82, 2.24) is 9.55 Å². The molecule has 0 aliphatic heterocycles. The Hall–Kier alpha value is -2.28. The van der Waals surface area contributed by atoms with Gasteiger partial charge in [0.2, 0.25) is 0 Å². The number of unbranched alkanes of at least 4 members (excludes halogenated alkanes) is 1. The molecule has 2 aromatic rings. The van der Waals surface area contributed by atoms with Gasteiger partial charge in [-0.25, -0.2) is 4.98 Å². The van der Waals surface area contributed by atoms with E-state index in [0.29, 0.717) is 17.3 Å². The highest BCUT2D eigenvalue weighted by atomic mass is 15.1. The van der Waals surface area contributed by atoms with Crippen LogP contribution in [-0.4, -0.2) is 9.55 Å². The predicted octanol–water partition coefficient (Wildman–Crippen LogP) is 3.93. The Bertz CT molecular complexity index is 662. The number of aromatic nitrogens is 2. The minimum Gasteiger partial charge on any atom is -0.383 e. The lowest BCUT2D eigenvalue weighted by atomic mass is 10.1. The summed E-state index contributed by atoms with van der Waals surface area (Å²) in [5.41, 5.74) is 8.48. The minimum atomic E-state index is 0.298. The summed E-state index contributed by atoms with van der Waals surface area (Å²) >= 11 is 0. The summed E-state index contributed by atoms with van der Waals surface area (Å²) in [6.45, 7) is 7.26. The molecular weight excluding hydrogens is 260 g/mol. The van der Waals surface area contributed by atoms with Crippen LogP contribution < -0.4 is 5.73 Å². The van der Waals surface area contributed by atoms with Crippen LogP contribution in [0, 0.1) is 11.3 Å². The normalized spacial score (nSPS) is 10.8. The van der Waals surface area contributed by atoms with Gasteiger partial charge < -0.3 is 10.3 Å². The molecule has 0 unspecified atom stereocenters. The molecule has 0 aliphatic rings. The lowest BCUT2D eigenvalue weighted by Gasteiger charge is -2.11. The van der Waals surface area contributed by atoms with Gasteiger partial charge in [-0.3, -0.25) is 0 Å². The van der Waals surface area contributed by atoms with Crippen molar-refractivity contribution < 1.29 is 0 Å². The number of nitriles is 1. The lowest BCUT2D eigenvalue weighted by molar-refractivity contribution is 0.588. The van der Waals surface area contributed by atoms with E-state index in [4.69, 9.17) is 10.7 Å². The van der Waals surface area contributed by atoms with Gasteiger partial charge in [0, 0.05) is 18.0 Å². The van der Waals surface area contributed by atoms with E-state index in [9.17, 15) is 5.26 Å². The van der Waals surface area contributed by atoms with Crippen molar-refractivity contribution in [2.75, 3.05) is 5.73 Å². The van der Waals surface area contributed by atoms with Crippen LogP contribution in [0.5, 0.6) is 0 Å². The molecule has 4 nitrogen and oxygen atoms in total. The van der Waals surface area contributed by atoms with Crippen LogP contribution in [-0.2, 0) is 6.54 Å². The SMILES string of the molecule is CCCCn1c(C(C)C)nc(-c2ccccc2C#N)c1N. The third-order valence-electron chi connectivity index (χ3n) is 3.59. The maximum Gasteiger partial charge on any atom is 0.131 e. The summed E-state index contributed by atoms with van der Waals surface area (Å²) in [5, 5.41) is 9.27. The second kappa shape index (κ2) is 6.45. The molecule has 1 aromatic carbocycles. The molecule has 2 N–H and O–H groups in total. The molecule has 0 radical (unpaired) electrons. The largest absolute Gasteiger partial charge is 0.383 e. The van der Waals surface area contributed by atoms with Crippen LogP contribution in [0.2, 0.25) is 0 Å². The lowest BCUT2D eigenvalue weighted by Crippen LogP contribution is -2.08. The smallest absolute Gasteiger partial charge is 0.131 e. The highest BCUT2D eigenvalue weighted by Crippen LogP contribution is 2.31. The number of benzene rings is 1. The maximum absolute atomic E-state index is 9.27. The van der Waals surface area contributed by atoms with Crippen molar-refractivity contribution in [2.24, 2.45) is 0 Å². The van der Waals surface area contributed by atoms with Crippen LogP contribution in [0.3, 0.4) is 0 Å². The van der Waals surface area contributed by atoms with Crippen LogP contribution in [0.15, 0.2) is 24.3 Å². The van der Waals surface area contributed by atoms with E-state index in [1.54, 1.807) is 6.07 Å². The van der Waals surface area contributed by atoms with E-state index in [1.807, 2.05) is 18.2 Å². The molecule has 1 aromatic heterocycles. The summed E-state index contributed by atoms with van der Waals surface area (Å²) in [5.74, 6) is 1.95. The topological polar surface area (TPSA) is 67.6 Å². The molecule has 0 spiro atoms. The van der Waals surface area contributed by atoms with Gasteiger partial charge in [0.15, 0.2) is 0 Å². The number of nitrogens with two attached hydrogens (primary N) is 1. The average Bonchev–Trinajstić information content (AvgIpc) is 2.82.